The molecule has 0 radical (unpaired) electrons. The standard InChI is InChI=1S/C15H13N3O2/c1-7-2-4-10-9-5-3-8(14(16)19)6-11(9)18-13(10)12(7)15(17)20/h2-6,18H,1H3,(H2,16,19)(H2,17,20). The van der Waals surface area contributed by atoms with Crippen molar-refractivity contribution in [1.82, 2.24) is 4.98 Å². The van der Waals surface area contributed by atoms with Crippen LogP contribution in [0.15, 0.2) is 30.3 Å². The number of carbonyl (C=O) groups excluding carboxylic acids is 2. The van der Waals surface area contributed by atoms with Crippen LogP contribution in [-0.4, -0.2) is 16.8 Å². The maximum Gasteiger partial charge on any atom is 0.251 e. The molecule has 3 aromatic rings. The fourth-order valence-electron chi connectivity index (χ4n) is 2.55. The lowest BCUT2D eigenvalue weighted by molar-refractivity contribution is 0.0992. The lowest BCUT2D eigenvalue weighted by atomic mass is 10.0. The molecular weight excluding hydrogens is 254 g/mol. The zero-order valence-electron chi connectivity index (χ0n) is 10.9. The molecule has 1 aromatic heterocycles. The summed E-state index contributed by atoms with van der Waals surface area (Å²) in [4.78, 5) is 26.0. The highest BCUT2D eigenvalue weighted by Crippen LogP contribution is 2.29. The zero-order chi connectivity index (χ0) is 14.4. The Balaban J connectivity index is 2.44. The summed E-state index contributed by atoms with van der Waals surface area (Å²) in [5.41, 5.74) is 13.9. The first-order chi connectivity index (χ1) is 9.49. The van der Waals surface area contributed by atoms with Gasteiger partial charge in [-0.05, 0) is 24.6 Å². The third kappa shape index (κ3) is 1.64. The lowest BCUT2D eigenvalue weighted by Crippen LogP contribution is -2.13. The molecule has 5 nitrogen and oxygen atoms in total. The summed E-state index contributed by atoms with van der Waals surface area (Å²) in [5, 5.41) is 1.82. The number of carbonyl (C=O) groups is 2. The topological polar surface area (TPSA) is 102 Å². The molecule has 5 N–H and O–H groups in total. The first-order valence-corrected chi connectivity index (χ1v) is 6.13. The summed E-state index contributed by atoms with van der Waals surface area (Å²) >= 11 is 0. The monoisotopic (exact) mass is 267 g/mol. The van der Waals surface area contributed by atoms with Crippen LogP contribution >= 0.6 is 0 Å². The van der Waals surface area contributed by atoms with Crippen molar-refractivity contribution in [2.75, 3.05) is 0 Å². The summed E-state index contributed by atoms with van der Waals surface area (Å²) in [6.07, 6.45) is 0. The van der Waals surface area contributed by atoms with E-state index < -0.39 is 11.8 Å². The van der Waals surface area contributed by atoms with Gasteiger partial charge in [0.05, 0.1) is 11.1 Å². The van der Waals surface area contributed by atoms with Crippen LogP contribution in [0.2, 0.25) is 0 Å². The van der Waals surface area contributed by atoms with Gasteiger partial charge in [0.2, 0.25) is 5.91 Å². The number of hydrogen-bond acceptors (Lipinski definition) is 2. The third-order valence-corrected chi connectivity index (χ3v) is 3.51. The van der Waals surface area contributed by atoms with E-state index in [1.165, 1.54) is 0 Å². The van der Waals surface area contributed by atoms with Crippen LogP contribution in [0.1, 0.15) is 26.3 Å². The highest BCUT2D eigenvalue weighted by molar-refractivity contribution is 6.16. The van der Waals surface area contributed by atoms with Gasteiger partial charge >= 0.3 is 0 Å². The largest absolute Gasteiger partial charge is 0.366 e. The van der Waals surface area contributed by atoms with Gasteiger partial charge in [-0.3, -0.25) is 9.59 Å². The maximum absolute atomic E-state index is 11.6. The maximum atomic E-state index is 11.6. The highest BCUT2D eigenvalue weighted by Gasteiger charge is 2.15. The summed E-state index contributed by atoms with van der Waals surface area (Å²) in [6, 6.07) is 8.95. The van der Waals surface area contributed by atoms with E-state index in [1.54, 1.807) is 12.1 Å². The van der Waals surface area contributed by atoms with E-state index >= 15 is 0 Å². The summed E-state index contributed by atoms with van der Waals surface area (Å²) in [5.74, 6) is -0.966. The average molecular weight is 267 g/mol. The number of hydrogen-bond donors (Lipinski definition) is 3. The predicted molar refractivity (Wildman–Crippen MR) is 77.6 cm³/mol. The van der Waals surface area contributed by atoms with E-state index in [0.29, 0.717) is 16.6 Å². The number of amides is 2. The second-order valence-corrected chi connectivity index (χ2v) is 4.79. The third-order valence-electron chi connectivity index (χ3n) is 3.51. The van der Waals surface area contributed by atoms with Crippen LogP contribution < -0.4 is 11.5 Å². The molecule has 0 fully saturated rings. The van der Waals surface area contributed by atoms with Crippen LogP contribution in [0.5, 0.6) is 0 Å². The molecular formula is C15H13N3O2. The van der Waals surface area contributed by atoms with Crippen LogP contribution in [0, 0.1) is 6.92 Å². The minimum Gasteiger partial charge on any atom is -0.366 e. The van der Waals surface area contributed by atoms with E-state index in [1.807, 2.05) is 25.1 Å². The first kappa shape index (κ1) is 12.2. The molecule has 0 saturated heterocycles. The number of nitrogens with one attached hydrogen (secondary N) is 1. The van der Waals surface area contributed by atoms with Gasteiger partial charge in [0, 0.05) is 21.9 Å². The van der Waals surface area contributed by atoms with E-state index in [-0.39, 0.29) is 0 Å². The van der Waals surface area contributed by atoms with Crippen LogP contribution in [0.3, 0.4) is 0 Å². The van der Waals surface area contributed by atoms with Crippen LogP contribution in [0.4, 0.5) is 0 Å². The quantitative estimate of drug-likeness (QED) is 0.659. The smallest absolute Gasteiger partial charge is 0.251 e. The van der Waals surface area contributed by atoms with Crippen molar-refractivity contribution in [2.45, 2.75) is 6.92 Å². The van der Waals surface area contributed by atoms with Gasteiger partial charge in [0.15, 0.2) is 0 Å². The first-order valence-electron chi connectivity index (χ1n) is 6.13. The number of fused-ring (bicyclic) bond motifs is 3. The molecule has 0 saturated carbocycles. The summed E-state index contributed by atoms with van der Waals surface area (Å²) in [6.45, 7) is 1.83. The van der Waals surface area contributed by atoms with Crippen molar-refractivity contribution >= 4 is 33.6 Å². The van der Waals surface area contributed by atoms with Crippen LogP contribution in [0.25, 0.3) is 21.8 Å². The molecule has 100 valence electrons. The van der Waals surface area contributed by atoms with E-state index in [4.69, 9.17) is 11.5 Å². The Labute approximate surface area is 114 Å². The SMILES string of the molecule is Cc1ccc2c([nH]c3cc(C(N)=O)ccc32)c1C(N)=O. The molecule has 2 aromatic carbocycles. The van der Waals surface area contributed by atoms with Gasteiger partial charge in [-0.25, -0.2) is 0 Å². The Morgan fingerprint density at radius 1 is 1.00 bits per heavy atom. The van der Waals surface area contributed by atoms with Crippen LogP contribution in [-0.2, 0) is 0 Å². The number of aryl methyl sites for hydroxylation is 1. The molecule has 2 amide bonds. The molecule has 0 unspecified atom stereocenters. The van der Waals surface area contributed by atoms with E-state index in [0.717, 1.165) is 21.9 Å². The number of H-pyrrole nitrogens is 1. The summed E-state index contributed by atoms with van der Waals surface area (Å²) < 4.78 is 0. The van der Waals surface area contributed by atoms with Crippen molar-refractivity contribution in [2.24, 2.45) is 11.5 Å². The highest BCUT2D eigenvalue weighted by atomic mass is 16.1. The summed E-state index contributed by atoms with van der Waals surface area (Å²) in [7, 11) is 0. The number of benzene rings is 2. The predicted octanol–water partition coefficient (Wildman–Crippen LogP) is 1.83. The number of primary amides is 2. The lowest BCUT2D eigenvalue weighted by Gasteiger charge is -2.02. The molecule has 0 bridgehead atoms. The van der Waals surface area contributed by atoms with E-state index in [2.05, 4.69) is 4.98 Å². The molecule has 1 heterocycles. The second kappa shape index (κ2) is 4.09. The number of rotatable bonds is 2. The van der Waals surface area contributed by atoms with Crippen molar-refractivity contribution in [3.63, 3.8) is 0 Å². The fraction of sp³-hybridized carbons (Fsp3) is 0.0667. The Morgan fingerprint density at radius 3 is 2.35 bits per heavy atom. The van der Waals surface area contributed by atoms with Gasteiger partial charge < -0.3 is 16.5 Å². The van der Waals surface area contributed by atoms with Crippen molar-refractivity contribution in [3.8, 4) is 0 Å². The van der Waals surface area contributed by atoms with Crippen molar-refractivity contribution < 1.29 is 9.59 Å². The van der Waals surface area contributed by atoms with Gasteiger partial charge in [0.1, 0.15) is 0 Å². The van der Waals surface area contributed by atoms with Gasteiger partial charge in [0.25, 0.3) is 5.91 Å². The zero-order valence-corrected chi connectivity index (χ0v) is 10.9. The molecule has 20 heavy (non-hydrogen) atoms. The Hall–Kier alpha value is -2.82. The van der Waals surface area contributed by atoms with Gasteiger partial charge in [-0.2, -0.15) is 0 Å². The van der Waals surface area contributed by atoms with Crippen molar-refractivity contribution in [1.29, 1.82) is 0 Å². The average Bonchev–Trinajstić information content (AvgIpc) is 2.74. The molecule has 5 heteroatoms. The Bertz CT molecular complexity index is 878. The van der Waals surface area contributed by atoms with E-state index in [9.17, 15) is 9.59 Å². The van der Waals surface area contributed by atoms with Crippen molar-refractivity contribution in [3.05, 3.63) is 47.0 Å². The number of nitrogens with two attached hydrogens (primary N) is 2. The Kier molecular flexibility index (Phi) is 2.50. The molecule has 0 atom stereocenters. The molecule has 0 spiro atoms. The molecule has 0 aliphatic carbocycles. The van der Waals surface area contributed by atoms with Gasteiger partial charge in [-0.1, -0.05) is 18.2 Å². The number of aromatic nitrogens is 1. The minimum absolute atomic E-state index is 0.418. The second-order valence-electron chi connectivity index (χ2n) is 4.79. The molecule has 0 aliphatic rings. The Morgan fingerprint density at radius 2 is 1.70 bits per heavy atom. The fourth-order valence-corrected chi connectivity index (χ4v) is 2.55. The van der Waals surface area contributed by atoms with Gasteiger partial charge in [-0.15, -0.1) is 0 Å². The molecule has 3 rings (SSSR count). The molecule has 0 aliphatic heterocycles. The minimum atomic E-state index is -0.489. The number of aromatic amines is 1. The normalized spacial score (nSPS) is 11.1.